The highest BCUT2D eigenvalue weighted by atomic mass is 19.4. The summed E-state index contributed by atoms with van der Waals surface area (Å²) in [5.74, 6) is 0.483. The van der Waals surface area contributed by atoms with Gasteiger partial charge in [-0.2, -0.15) is 13.2 Å². The lowest BCUT2D eigenvalue weighted by molar-refractivity contribution is -0.137. The van der Waals surface area contributed by atoms with Crippen molar-refractivity contribution in [2.24, 2.45) is 0 Å². The summed E-state index contributed by atoms with van der Waals surface area (Å²) in [4.78, 5) is 6.33. The van der Waals surface area contributed by atoms with Crippen LogP contribution >= 0.6 is 0 Å². The molecule has 19 heavy (non-hydrogen) atoms. The van der Waals surface area contributed by atoms with Crippen LogP contribution in [-0.4, -0.2) is 23.0 Å². The van der Waals surface area contributed by atoms with Crippen LogP contribution in [0.2, 0.25) is 0 Å². The average molecular weight is 270 g/mol. The van der Waals surface area contributed by atoms with Crippen molar-refractivity contribution < 1.29 is 17.6 Å². The van der Waals surface area contributed by atoms with Gasteiger partial charge in [0.05, 0.1) is 12.1 Å². The summed E-state index contributed by atoms with van der Waals surface area (Å²) < 4.78 is 43.2. The van der Waals surface area contributed by atoms with Crippen molar-refractivity contribution in [2.45, 2.75) is 25.6 Å². The van der Waals surface area contributed by atoms with E-state index < -0.39 is 11.7 Å². The minimum absolute atomic E-state index is 0.268. The molecule has 1 aliphatic heterocycles. The highest BCUT2D eigenvalue weighted by Crippen LogP contribution is 2.31. The van der Waals surface area contributed by atoms with Crippen LogP contribution in [-0.2, 0) is 12.7 Å². The van der Waals surface area contributed by atoms with E-state index in [1.165, 1.54) is 6.07 Å². The van der Waals surface area contributed by atoms with Gasteiger partial charge in [0.2, 0.25) is 5.89 Å². The number of nitrogens with zero attached hydrogens (tertiary/aromatic N) is 2. The van der Waals surface area contributed by atoms with Crippen molar-refractivity contribution in [1.29, 1.82) is 0 Å². The first-order valence-corrected chi connectivity index (χ1v) is 6.21. The predicted molar refractivity (Wildman–Crippen MR) is 63.5 cm³/mol. The van der Waals surface area contributed by atoms with Crippen molar-refractivity contribution in [3.8, 4) is 0 Å². The Labute approximate surface area is 108 Å². The summed E-state index contributed by atoms with van der Waals surface area (Å²) in [5, 5.41) is 0. The lowest BCUT2D eigenvalue weighted by Crippen LogP contribution is -2.18. The molecule has 0 spiro atoms. The molecule has 0 amide bonds. The first-order chi connectivity index (χ1) is 9.02. The smallest absolute Gasteiger partial charge is 0.416 e. The quantitative estimate of drug-likeness (QED) is 0.837. The van der Waals surface area contributed by atoms with E-state index in [0.717, 1.165) is 38.1 Å². The van der Waals surface area contributed by atoms with Crippen molar-refractivity contribution in [3.05, 3.63) is 29.7 Å². The Morgan fingerprint density at radius 1 is 1.21 bits per heavy atom. The molecule has 0 radical (unpaired) electrons. The molecular formula is C13H13F3N2O. The Morgan fingerprint density at radius 2 is 1.95 bits per heavy atom. The highest BCUT2D eigenvalue weighted by Gasteiger charge is 2.31. The summed E-state index contributed by atoms with van der Waals surface area (Å²) in [6, 6.07) is 3.39. The molecule has 0 bridgehead atoms. The molecule has 0 aliphatic carbocycles. The van der Waals surface area contributed by atoms with Gasteiger partial charge in [-0.3, -0.25) is 4.90 Å². The maximum Gasteiger partial charge on any atom is 0.416 e. The fraction of sp³-hybridized carbons (Fsp3) is 0.462. The molecule has 0 unspecified atom stereocenters. The van der Waals surface area contributed by atoms with Gasteiger partial charge >= 0.3 is 6.18 Å². The number of alkyl halides is 3. The molecular weight excluding hydrogens is 257 g/mol. The molecule has 3 rings (SSSR count). The molecule has 6 heteroatoms. The van der Waals surface area contributed by atoms with Crippen LogP contribution in [0.25, 0.3) is 11.1 Å². The summed E-state index contributed by atoms with van der Waals surface area (Å²) >= 11 is 0. The number of aromatic nitrogens is 1. The molecule has 1 aromatic heterocycles. The second-order valence-electron chi connectivity index (χ2n) is 4.77. The number of fused-ring (bicyclic) bond motifs is 1. The zero-order chi connectivity index (χ0) is 13.5. The van der Waals surface area contributed by atoms with Crippen LogP contribution in [0.1, 0.15) is 24.3 Å². The van der Waals surface area contributed by atoms with E-state index in [1.54, 1.807) is 0 Å². The number of benzene rings is 1. The minimum Gasteiger partial charge on any atom is -0.439 e. The molecule has 0 N–H and O–H groups in total. The van der Waals surface area contributed by atoms with E-state index >= 15 is 0 Å². The predicted octanol–water partition coefficient (Wildman–Crippen LogP) is 3.44. The Kier molecular flexibility index (Phi) is 2.97. The number of rotatable bonds is 2. The lowest BCUT2D eigenvalue weighted by atomic mass is 10.2. The van der Waals surface area contributed by atoms with E-state index in [-0.39, 0.29) is 5.52 Å². The first kappa shape index (κ1) is 12.5. The monoisotopic (exact) mass is 270 g/mol. The molecule has 0 saturated carbocycles. The van der Waals surface area contributed by atoms with E-state index in [1.807, 2.05) is 0 Å². The van der Waals surface area contributed by atoms with Crippen molar-refractivity contribution >= 4 is 11.1 Å². The minimum atomic E-state index is -4.34. The maximum absolute atomic E-state index is 12.6. The SMILES string of the molecule is FC(F)(F)c1ccc2oc(CN3CCCC3)nc2c1. The average Bonchev–Trinajstić information content (AvgIpc) is 2.95. The van der Waals surface area contributed by atoms with Gasteiger partial charge < -0.3 is 4.42 Å². The second kappa shape index (κ2) is 4.52. The molecule has 2 heterocycles. The lowest BCUT2D eigenvalue weighted by Gasteiger charge is -2.10. The van der Waals surface area contributed by atoms with Crippen LogP contribution < -0.4 is 0 Å². The third kappa shape index (κ3) is 2.58. The zero-order valence-corrected chi connectivity index (χ0v) is 10.2. The van der Waals surface area contributed by atoms with Gasteiger partial charge in [-0.25, -0.2) is 4.98 Å². The molecule has 2 aromatic rings. The number of likely N-dealkylation sites (tertiary alicyclic amines) is 1. The third-order valence-corrected chi connectivity index (χ3v) is 3.32. The standard InChI is InChI=1S/C13H13F3N2O/c14-13(15,16)9-3-4-11-10(7-9)17-12(19-11)8-18-5-1-2-6-18/h3-4,7H,1-2,5-6,8H2. The fourth-order valence-corrected chi connectivity index (χ4v) is 2.35. The van der Waals surface area contributed by atoms with Gasteiger partial charge in [0.1, 0.15) is 5.52 Å². The van der Waals surface area contributed by atoms with Crippen molar-refractivity contribution in [1.82, 2.24) is 9.88 Å². The maximum atomic E-state index is 12.6. The largest absolute Gasteiger partial charge is 0.439 e. The topological polar surface area (TPSA) is 29.3 Å². The third-order valence-electron chi connectivity index (χ3n) is 3.32. The van der Waals surface area contributed by atoms with Gasteiger partial charge in [0, 0.05) is 0 Å². The molecule has 0 atom stereocenters. The van der Waals surface area contributed by atoms with Crippen LogP contribution in [0.15, 0.2) is 22.6 Å². The summed E-state index contributed by atoms with van der Waals surface area (Å²) in [7, 11) is 0. The molecule has 1 saturated heterocycles. The second-order valence-corrected chi connectivity index (χ2v) is 4.77. The van der Waals surface area contributed by atoms with E-state index in [4.69, 9.17) is 4.42 Å². The van der Waals surface area contributed by atoms with E-state index in [0.29, 0.717) is 18.0 Å². The number of oxazole rings is 1. The highest BCUT2D eigenvalue weighted by molar-refractivity contribution is 5.73. The number of halogens is 3. The number of hydrogen-bond donors (Lipinski definition) is 0. The Hall–Kier alpha value is -1.56. The van der Waals surface area contributed by atoms with Gasteiger partial charge in [0.15, 0.2) is 5.58 Å². The molecule has 1 aliphatic rings. The van der Waals surface area contributed by atoms with Crippen molar-refractivity contribution in [2.75, 3.05) is 13.1 Å². The Bertz CT molecular complexity index is 585. The van der Waals surface area contributed by atoms with Crippen LogP contribution in [0.4, 0.5) is 13.2 Å². The summed E-state index contributed by atoms with van der Waals surface area (Å²) in [6.07, 6.45) is -2.04. The van der Waals surface area contributed by atoms with Crippen LogP contribution in [0.3, 0.4) is 0 Å². The van der Waals surface area contributed by atoms with Crippen molar-refractivity contribution in [3.63, 3.8) is 0 Å². The fourth-order valence-electron chi connectivity index (χ4n) is 2.35. The van der Waals surface area contributed by atoms with Gasteiger partial charge in [-0.1, -0.05) is 0 Å². The molecule has 1 fully saturated rings. The molecule has 3 nitrogen and oxygen atoms in total. The summed E-state index contributed by atoms with van der Waals surface area (Å²) in [6.45, 7) is 2.55. The Balaban J connectivity index is 1.87. The number of hydrogen-bond acceptors (Lipinski definition) is 3. The summed E-state index contributed by atoms with van der Waals surface area (Å²) in [5.41, 5.74) is -0.0211. The molecule has 102 valence electrons. The van der Waals surface area contributed by atoms with Gasteiger partial charge in [0.25, 0.3) is 0 Å². The van der Waals surface area contributed by atoms with Gasteiger partial charge in [-0.05, 0) is 44.1 Å². The van der Waals surface area contributed by atoms with Crippen LogP contribution in [0, 0.1) is 0 Å². The van der Waals surface area contributed by atoms with E-state index in [2.05, 4.69) is 9.88 Å². The zero-order valence-electron chi connectivity index (χ0n) is 10.2. The first-order valence-electron chi connectivity index (χ1n) is 6.21. The van der Waals surface area contributed by atoms with Gasteiger partial charge in [-0.15, -0.1) is 0 Å². The molecule has 1 aromatic carbocycles. The van der Waals surface area contributed by atoms with E-state index in [9.17, 15) is 13.2 Å². The normalized spacial score (nSPS) is 17.4. The van der Waals surface area contributed by atoms with Crippen LogP contribution in [0.5, 0.6) is 0 Å². The Morgan fingerprint density at radius 3 is 2.63 bits per heavy atom.